The molecule has 0 amide bonds. The van der Waals surface area contributed by atoms with E-state index in [0.29, 0.717) is 22.2 Å². The third-order valence-corrected chi connectivity index (χ3v) is 3.70. The molecule has 0 saturated heterocycles. The molecule has 0 radical (unpaired) electrons. The zero-order valence-corrected chi connectivity index (χ0v) is 14.0. The van der Waals surface area contributed by atoms with Crippen LogP contribution in [0.1, 0.15) is 12.5 Å². The standard InChI is InChI=1S/C15H14BrCl2NO/c1-9(19)6-10-7-12(17)3-5-14(10)20-15-4-2-11(16)8-13(15)18/h2-5,7-9H,6,19H2,1H3. The topological polar surface area (TPSA) is 35.2 Å². The Morgan fingerprint density at radius 2 is 1.85 bits per heavy atom. The van der Waals surface area contributed by atoms with Gasteiger partial charge in [-0.15, -0.1) is 0 Å². The first kappa shape index (κ1) is 15.6. The van der Waals surface area contributed by atoms with Gasteiger partial charge in [-0.1, -0.05) is 39.1 Å². The van der Waals surface area contributed by atoms with E-state index in [9.17, 15) is 0 Å². The summed E-state index contributed by atoms with van der Waals surface area (Å²) in [7, 11) is 0. The molecule has 0 aliphatic heterocycles. The molecule has 2 aromatic carbocycles. The Bertz CT molecular complexity index is 617. The van der Waals surface area contributed by atoms with Gasteiger partial charge in [0, 0.05) is 15.5 Å². The number of hydrogen-bond acceptors (Lipinski definition) is 2. The lowest BCUT2D eigenvalue weighted by Crippen LogP contribution is -2.18. The van der Waals surface area contributed by atoms with Gasteiger partial charge in [0.25, 0.3) is 0 Å². The highest BCUT2D eigenvalue weighted by molar-refractivity contribution is 9.10. The average Bonchev–Trinajstić information content (AvgIpc) is 2.34. The van der Waals surface area contributed by atoms with Crippen LogP contribution in [0.2, 0.25) is 10.0 Å². The molecule has 2 rings (SSSR count). The van der Waals surface area contributed by atoms with Gasteiger partial charge in [0.05, 0.1) is 5.02 Å². The number of ether oxygens (including phenoxy) is 1. The second kappa shape index (κ2) is 6.81. The van der Waals surface area contributed by atoms with Gasteiger partial charge >= 0.3 is 0 Å². The molecular weight excluding hydrogens is 361 g/mol. The summed E-state index contributed by atoms with van der Waals surface area (Å²) in [5.41, 5.74) is 6.82. The van der Waals surface area contributed by atoms with Crippen LogP contribution in [-0.2, 0) is 6.42 Å². The van der Waals surface area contributed by atoms with E-state index in [1.807, 2.05) is 31.2 Å². The van der Waals surface area contributed by atoms with Crippen LogP contribution in [-0.4, -0.2) is 6.04 Å². The minimum Gasteiger partial charge on any atom is -0.456 e. The Balaban J connectivity index is 2.32. The first-order chi connectivity index (χ1) is 9.45. The summed E-state index contributed by atoms with van der Waals surface area (Å²) in [5, 5.41) is 1.20. The maximum absolute atomic E-state index is 6.16. The van der Waals surface area contributed by atoms with E-state index in [1.165, 1.54) is 0 Å². The smallest absolute Gasteiger partial charge is 0.146 e. The SMILES string of the molecule is CC(N)Cc1cc(Cl)ccc1Oc1ccc(Br)cc1Cl. The molecule has 2 aromatic rings. The second-order valence-corrected chi connectivity index (χ2v) is 6.37. The van der Waals surface area contributed by atoms with Gasteiger partial charge in [0.2, 0.25) is 0 Å². The largest absolute Gasteiger partial charge is 0.456 e. The van der Waals surface area contributed by atoms with Gasteiger partial charge in [-0.3, -0.25) is 0 Å². The van der Waals surface area contributed by atoms with Crippen molar-refractivity contribution in [1.82, 2.24) is 0 Å². The van der Waals surface area contributed by atoms with Crippen LogP contribution >= 0.6 is 39.1 Å². The molecule has 0 aliphatic rings. The minimum atomic E-state index is 0.0243. The summed E-state index contributed by atoms with van der Waals surface area (Å²) in [5.74, 6) is 1.32. The zero-order valence-electron chi connectivity index (χ0n) is 10.9. The quantitative estimate of drug-likeness (QED) is 0.773. The van der Waals surface area contributed by atoms with Crippen molar-refractivity contribution in [3.05, 3.63) is 56.5 Å². The minimum absolute atomic E-state index is 0.0243. The molecule has 0 aromatic heterocycles. The third kappa shape index (κ3) is 4.13. The molecule has 2 nitrogen and oxygen atoms in total. The first-order valence-corrected chi connectivity index (χ1v) is 7.67. The summed E-state index contributed by atoms with van der Waals surface area (Å²) in [4.78, 5) is 0. The maximum atomic E-state index is 6.16. The van der Waals surface area contributed by atoms with Crippen molar-refractivity contribution < 1.29 is 4.74 Å². The lowest BCUT2D eigenvalue weighted by Gasteiger charge is -2.14. The van der Waals surface area contributed by atoms with Crippen LogP contribution in [0.25, 0.3) is 0 Å². The van der Waals surface area contributed by atoms with Crippen LogP contribution in [0.3, 0.4) is 0 Å². The summed E-state index contributed by atoms with van der Waals surface area (Å²) in [6, 6.07) is 11.0. The fraction of sp³-hybridized carbons (Fsp3) is 0.200. The summed E-state index contributed by atoms with van der Waals surface area (Å²) >= 11 is 15.6. The fourth-order valence-electron chi connectivity index (χ4n) is 1.83. The Morgan fingerprint density at radius 1 is 1.15 bits per heavy atom. The molecule has 1 unspecified atom stereocenters. The van der Waals surface area contributed by atoms with Crippen molar-refractivity contribution in [2.75, 3.05) is 0 Å². The van der Waals surface area contributed by atoms with Gasteiger partial charge < -0.3 is 10.5 Å². The van der Waals surface area contributed by atoms with Crippen LogP contribution in [0.15, 0.2) is 40.9 Å². The van der Waals surface area contributed by atoms with E-state index in [0.717, 1.165) is 15.8 Å². The Kier molecular flexibility index (Phi) is 5.33. The molecule has 2 N–H and O–H groups in total. The highest BCUT2D eigenvalue weighted by Crippen LogP contribution is 2.34. The number of nitrogens with two attached hydrogens (primary N) is 1. The van der Waals surface area contributed by atoms with Crippen molar-refractivity contribution in [1.29, 1.82) is 0 Å². The molecule has 5 heteroatoms. The fourth-order valence-corrected chi connectivity index (χ4v) is 2.74. The van der Waals surface area contributed by atoms with Crippen LogP contribution in [0.4, 0.5) is 0 Å². The molecule has 0 heterocycles. The number of rotatable bonds is 4. The molecular formula is C15H14BrCl2NO. The monoisotopic (exact) mass is 373 g/mol. The van der Waals surface area contributed by atoms with E-state index in [1.54, 1.807) is 12.1 Å². The number of halogens is 3. The highest BCUT2D eigenvalue weighted by atomic mass is 79.9. The molecule has 106 valence electrons. The lowest BCUT2D eigenvalue weighted by atomic mass is 10.1. The molecule has 1 atom stereocenters. The van der Waals surface area contributed by atoms with E-state index >= 15 is 0 Å². The third-order valence-electron chi connectivity index (χ3n) is 2.68. The summed E-state index contributed by atoms with van der Waals surface area (Å²) in [6.07, 6.45) is 0.685. The van der Waals surface area contributed by atoms with E-state index in [2.05, 4.69) is 15.9 Å². The highest BCUT2D eigenvalue weighted by Gasteiger charge is 2.10. The van der Waals surface area contributed by atoms with Gasteiger partial charge in [-0.25, -0.2) is 0 Å². The van der Waals surface area contributed by atoms with Crippen molar-refractivity contribution in [3.63, 3.8) is 0 Å². The van der Waals surface area contributed by atoms with Crippen molar-refractivity contribution in [2.45, 2.75) is 19.4 Å². The van der Waals surface area contributed by atoms with Crippen LogP contribution < -0.4 is 10.5 Å². The zero-order chi connectivity index (χ0) is 14.7. The predicted molar refractivity (Wildman–Crippen MR) is 88.0 cm³/mol. The average molecular weight is 375 g/mol. The van der Waals surface area contributed by atoms with E-state index in [-0.39, 0.29) is 6.04 Å². The Hall–Kier alpha value is -0.740. The molecule has 0 spiro atoms. The van der Waals surface area contributed by atoms with Crippen LogP contribution in [0, 0.1) is 0 Å². The van der Waals surface area contributed by atoms with E-state index < -0.39 is 0 Å². The Morgan fingerprint density at radius 3 is 2.50 bits per heavy atom. The van der Waals surface area contributed by atoms with Gasteiger partial charge in [-0.05, 0) is 55.3 Å². The molecule has 0 fully saturated rings. The van der Waals surface area contributed by atoms with Gasteiger partial charge in [0.15, 0.2) is 0 Å². The Labute approximate surface area is 137 Å². The van der Waals surface area contributed by atoms with Crippen LogP contribution in [0.5, 0.6) is 11.5 Å². The maximum Gasteiger partial charge on any atom is 0.146 e. The normalized spacial score (nSPS) is 12.2. The molecule has 0 saturated carbocycles. The number of benzene rings is 2. The molecule has 20 heavy (non-hydrogen) atoms. The summed E-state index contributed by atoms with van der Waals surface area (Å²) in [6.45, 7) is 1.94. The van der Waals surface area contributed by atoms with Crippen molar-refractivity contribution >= 4 is 39.1 Å². The molecule has 0 aliphatic carbocycles. The van der Waals surface area contributed by atoms with E-state index in [4.69, 9.17) is 33.7 Å². The van der Waals surface area contributed by atoms with Gasteiger partial charge in [0.1, 0.15) is 11.5 Å². The van der Waals surface area contributed by atoms with Crippen molar-refractivity contribution in [3.8, 4) is 11.5 Å². The predicted octanol–water partition coefficient (Wildman–Crippen LogP) is 5.44. The van der Waals surface area contributed by atoms with Crippen molar-refractivity contribution in [2.24, 2.45) is 5.73 Å². The first-order valence-electron chi connectivity index (χ1n) is 6.12. The molecule has 0 bridgehead atoms. The number of hydrogen-bond donors (Lipinski definition) is 1. The van der Waals surface area contributed by atoms with Gasteiger partial charge in [-0.2, -0.15) is 0 Å². The summed E-state index contributed by atoms with van der Waals surface area (Å²) < 4.78 is 6.79. The lowest BCUT2D eigenvalue weighted by molar-refractivity contribution is 0.474. The second-order valence-electron chi connectivity index (χ2n) is 4.61.